The second kappa shape index (κ2) is 11.9. The largest absolute Gasteiger partial charge is 0.514 e. The van der Waals surface area contributed by atoms with Gasteiger partial charge in [0.1, 0.15) is 30.5 Å². The molecule has 1 aromatic carbocycles. The average Bonchev–Trinajstić information content (AvgIpc) is 3.21. The smallest absolute Gasteiger partial charge is 0.458 e. The van der Waals surface area contributed by atoms with Crippen LogP contribution in [-0.4, -0.2) is 65.9 Å². The number of carbonyl (C=O) groups excluding carboxylic acids is 5. The number of rotatable bonds is 8. The summed E-state index contributed by atoms with van der Waals surface area (Å²) >= 11 is 0. The maximum atomic E-state index is 12.6. The molecule has 11 nitrogen and oxygen atoms in total. The first-order valence-corrected chi connectivity index (χ1v) is 13.2. The highest BCUT2D eigenvalue weighted by molar-refractivity contribution is 5.93. The summed E-state index contributed by atoms with van der Waals surface area (Å²) in [6.07, 6.45) is 0.914. The van der Waals surface area contributed by atoms with Crippen molar-refractivity contribution in [2.75, 3.05) is 13.7 Å². The molecule has 0 spiro atoms. The lowest BCUT2D eigenvalue weighted by molar-refractivity contribution is -0.166. The number of hydrogen-bond donors (Lipinski definition) is 0. The van der Waals surface area contributed by atoms with Crippen molar-refractivity contribution in [1.29, 1.82) is 0 Å². The van der Waals surface area contributed by atoms with E-state index in [9.17, 15) is 24.0 Å². The molecule has 0 fully saturated rings. The zero-order valence-corrected chi connectivity index (χ0v) is 23.6. The van der Waals surface area contributed by atoms with Crippen molar-refractivity contribution < 1.29 is 42.9 Å². The molecule has 2 aliphatic heterocycles. The van der Waals surface area contributed by atoms with Crippen molar-refractivity contribution in [2.24, 2.45) is 0 Å². The van der Waals surface area contributed by atoms with Crippen LogP contribution in [0.25, 0.3) is 16.6 Å². The molecular formula is C30H32N2O9. The molecule has 216 valence electrons. The normalized spacial score (nSPS) is 17.8. The summed E-state index contributed by atoms with van der Waals surface area (Å²) in [5.41, 5.74) is 3.54. The third-order valence-corrected chi connectivity index (χ3v) is 6.56. The van der Waals surface area contributed by atoms with Crippen molar-refractivity contribution in [3.63, 3.8) is 0 Å². The summed E-state index contributed by atoms with van der Waals surface area (Å²) < 4.78 is 21.1. The van der Waals surface area contributed by atoms with Gasteiger partial charge in [0, 0.05) is 42.1 Å². The quantitative estimate of drug-likeness (QED) is 0.200. The lowest BCUT2D eigenvalue weighted by Crippen LogP contribution is -2.36. The minimum Gasteiger partial charge on any atom is -0.458 e. The van der Waals surface area contributed by atoms with Gasteiger partial charge in [-0.1, -0.05) is 6.92 Å². The fourth-order valence-electron chi connectivity index (χ4n) is 4.75. The molecule has 2 aromatic rings. The number of ether oxygens (including phenoxy) is 4. The van der Waals surface area contributed by atoms with Crippen molar-refractivity contribution in [1.82, 2.24) is 9.88 Å². The van der Waals surface area contributed by atoms with Gasteiger partial charge in [0.2, 0.25) is 6.10 Å². The molecule has 3 heterocycles. The molecule has 1 atom stereocenters. The highest BCUT2D eigenvalue weighted by atomic mass is 16.7. The first kappa shape index (κ1) is 29.4. The number of esters is 2. The van der Waals surface area contributed by atoms with E-state index < -0.39 is 29.8 Å². The van der Waals surface area contributed by atoms with Gasteiger partial charge in [0.05, 0.1) is 23.3 Å². The predicted octanol–water partition coefficient (Wildman–Crippen LogP) is 3.84. The Bertz CT molecular complexity index is 1480. The molecule has 11 heteroatoms. The van der Waals surface area contributed by atoms with Gasteiger partial charge in [-0.2, -0.15) is 0 Å². The number of benzene rings is 1. The van der Waals surface area contributed by atoms with Crippen molar-refractivity contribution in [2.45, 2.75) is 65.2 Å². The topological polar surface area (TPSA) is 138 Å². The summed E-state index contributed by atoms with van der Waals surface area (Å²) in [5.74, 6) is -1.24. The second-order valence-corrected chi connectivity index (χ2v) is 10.7. The minimum absolute atomic E-state index is 0.0568. The lowest BCUT2D eigenvalue weighted by atomic mass is 9.96. The van der Waals surface area contributed by atoms with Crippen LogP contribution in [0.1, 0.15) is 57.4 Å². The van der Waals surface area contributed by atoms with Crippen LogP contribution in [0.2, 0.25) is 0 Å². The van der Waals surface area contributed by atoms with Gasteiger partial charge in [-0.05, 0) is 57.0 Å². The Hall–Kier alpha value is -4.54. The Kier molecular flexibility index (Phi) is 8.55. The third kappa shape index (κ3) is 6.45. The molecule has 0 radical (unpaired) electrons. The number of cyclic esters (lactones) is 1. The van der Waals surface area contributed by atoms with Gasteiger partial charge in [-0.15, -0.1) is 0 Å². The standard InChI is InChI=1S/C30H32N2O9/c1-6-19-21-12-18(39-29(37)41-30(2,3)4)9-10-23(21)31-26-22(19)14-32(5)24(26)13-20-17(15-34)16-38-28(36)27(20)40-25(35)8-7-11-33/h9-13,15,27H,6-8,14,16H2,1-5H3/b24-13-. The van der Waals surface area contributed by atoms with Crippen molar-refractivity contribution >= 4 is 47.3 Å². The van der Waals surface area contributed by atoms with Gasteiger partial charge in [-0.25, -0.2) is 14.6 Å². The van der Waals surface area contributed by atoms with Crippen molar-refractivity contribution in [3.8, 4) is 5.75 Å². The summed E-state index contributed by atoms with van der Waals surface area (Å²) in [7, 11) is 1.85. The zero-order chi connectivity index (χ0) is 29.9. The zero-order valence-electron chi connectivity index (χ0n) is 23.6. The third-order valence-electron chi connectivity index (χ3n) is 6.56. The van der Waals surface area contributed by atoms with E-state index in [4.69, 9.17) is 23.9 Å². The van der Waals surface area contributed by atoms with E-state index in [1.807, 2.05) is 18.9 Å². The van der Waals surface area contributed by atoms with Gasteiger partial charge in [-0.3, -0.25) is 9.59 Å². The van der Waals surface area contributed by atoms with E-state index in [1.165, 1.54) is 0 Å². The first-order chi connectivity index (χ1) is 19.4. The van der Waals surface area contributed by atoms with E-state index in [-0.39, 0.29) is 30.6 Å². The molecule has 1 unspecified atom stereocenters. The number of aromatic nitrogens is 1. The molecule has 0 saturated carbocycles. The van der Waals surface area contributed by atoms with Crippen LogP contribution in [0, 0.1) is 0 Å². The van der Waals surface area contributed by atoms with E-state index in [2.05, 4.69) is 0 Å². The van der Waals surface area contributed by atoms with Crippen LogP contribution in [0.4, 0.5) is 4.79 Å². The monoisotopic (exact) mass is 564 g/mol. The van der Waals surface area contributed by atoms with E-state index in [1.54, 1.807) is 45.0 Å². The number of aryl methyl sites for hydroxylation is 1. The Balaban J connectivity index is 1.76. The molecule has 0 bridgehead atoms. The van der Waals surface area contributed by atoms with E-state index in [0.717, 1.165) is 16.5 Å². The number of fused-ring (bicyclic) bond motifs is 2. The van der Waals surface area contributed by atoms with Crippen LogP contribution in [-0.2, 0) is 46.4 Å². The fraction of sp³-hybridized carbons (Fsp3) is 0.400. The lowest BCUT2D eigenvalue weighted by Gasteiger charge is -2.25. The number of carbonyl (C=O) groups is 5. The number of hydrogen-bond acceptors (Lipinski definition) is 11. The number of aldehydes is 2. The Labute approximate surface area is 237 Å². The minimum atomic E-state index is -1.45. The van der Waals surface area contributed by atoms with Gasteiger partial charge >= 0.3 is 18.1 Å². The number of nitrogens with zero attached hydrogens (tertiary/aromatic N) is 2. The molecule has 1 aromatic heterocycles. The van der Waals surface area contributed by atoms with Crippen LogP contribution in [0.15, 0.2) is 35.4 Å². The number of pyridine rings is 1. The summed E-state index contributed by atoms with van der Waals surface area (Å²) in [6.45, 7) is 7.50. The molecular weight excluding hydrogens is 532 g/mol. The van der Waals surface area contributed by atoms with Gasteiger partial charge in [0.15, 0.2) is 0 Å². The highest BCUT2D eigenvalue weighted by Crippen LogP contribution is 2.38. The Morgan fingerprint density at radius 2 is 1.98 bits per heavy atom. The first-order valence-electron chi connectivity index (χ1n) is 13.2. The summed E-state index contributed by atoms with van der Waals surface area (Å²) in [5, 5.41) is 0.818. The van der Waals surface area contributed by atoms with Crippen LogP contribution in [0.5, 0.6) is 5.75 Å². The molecule has 4 rings (SSSR count). The second-order valence-electron chi connectivity index (χ2n) is 10.7. The summed E-state index contributed by atoms with van der Waals surface area (Å²) in [4.78, 5) is 66.5. The molecule has 0 N–H and O–H groups in total. The Morgan fingerprint density at radius 3 is 2.63 bits per heavy atom. The van der Waals surface area contributed by atoms with E-state index in [0.29, 0.717) is 48.2 Å². The fourth-order valence-corrected chi connectivity index (χ4v) is 4.75. The van der Waals surface area contributed by atoms with Gasteiger partial charge < -0.3 is 28.6 Å². The average molecular weight is 565 g/mol. The Morgan fingerprint density at radius 1 is 1.22 bits per heavy atom. The van der Waals surface area contributed by atoms with Crippen LogP contribution >= 0.6 is 0 Å². The molecule has 0 saturated heterocycles. The molecule has 2 aliphatic rings. The van der Waals surface area contributed by atoms with Gasteiger partial charge in [0.25, 0.3) is 0 Å². The van der Waals surface area contributed by atoms with E-state index >= 15 is 0 Å². The van der Waals surface area contributed by atoms with Crippen molar-refractivity contribution in [3.05, 3.63) is 52.2 Å². The highest BCUT2D eigenvalue weighted by Gasteiger charge is 2.36. The maximum absolute atomic E-state index is 12.6. The molecule has 0 aliphatic carbocycles. The maximum Gasteiger partial charge on any atom is 0.514 e. The SMILES string of the molecule is CCc1c2c(nc3ccc(OC(=O)OC(C)(C)C)cc13)/C(=C/C1=C(C=O)COC(=O)C1OC(=O)CCC=O)N(C)C2. The molecule has 0 amide bonds. The molecule has 41 heavy (non-hydrogen) atoms. The summed E-state index contributed by atoms with van der Waals surface area (Å²) in [6, 6.07) is 5.13. The van der Waals surface area contributed by atoms with Crippen LogP contribution < -0.4 is 4.74 Å². The van der Waals surface area contributed by atoms with Crippen LogP contribution in [0.3, 0.4) is 0 Å². The predicted molar refractivity (Wildman–Crippen MR) is 147 cm³/mol.